The molecule has 0 aromatic rings. The Labute approximate surface area is 139 Å². The van der Waals surface area contributed by atoms with Gasteiger partial charge in [0.05, 0.1) is 0 Å². The first-order chi connectivity index (χ1) is 10.1. The van der Waals surface area contributed by atoms with Crippen LogP contribution in [0.2, 0.25) is 0 Å². The van der Waals surface area contributed by atoms with Gasteiger partial charge in [0.15, 0.2) is 0 Å². The Kier molecular flexibility index (Phi) is 14.2. The molecule has 133 valence electrons. The third kappa shape index (κ3) is 11.6. The van der Waals surface area contributed by atoms with Gasteiger partial charge in [-0.2, -0.15) is 0 Å². The third-order valence-electron chi connectivity index (χ3n) is 3.79. The van der Waals surface area contributed by atoms with Crippen molar-refractivity contribution in [1.82, 2.24) is 9.80 Å². The van der Waals surface area contributed by atoms with E-state index < -0.39 is 0 Å². The number of rotatable bonds is 14. The standard InChI is InChI=1S/2C8H18NO.Cu/c2*1-4-9(5-2)7-6-8(3)10;/h2*8H,4-7H2,1-3H3;/q2*-1;+2. The third-order valence-corrected chi connectivity index (χ3v) is 4.73. The SMILES string of the molecule is CCN(CC)CCC(C)[O][Cu][O]C(C)CCN(CC)CC. The molecular weight excluding hydrogens is 316 g/mol. The average molecular weight is 352 g/mol. The molecule has 0 radical (unpaired) electrons. The first kappa shape index (κ1) is 21.4. The van der Waals surface area contributed by atoms with Crippen LogP contribution in [0.1, 0.15) is 54.4 Å². The van der Waals surface area contributed by atoms with Gasteiger partial charge in [0.25, 0.3) is 0 Å². The van der Waals surface area contributed by atoms with Crippen molar-refractivity contribution in [2.24, 2.45) is 0 Å². The number of hydrogen-bond donors (Lipinski definition) is 0. The minimum atomic E-state index is 0.223. The molecule has 0 saturated heterocycles. The van der Waals surface area contributed by atoms with E-state index in [4.69, 9.17) is 7.64 Å². The normalized spacial score (nSPS) is 15.0. The summed E-state index contributed by atoms with van der Waals surface area (Å²) in [5, 5.41) is 0. The zero-order chi connectivity index (χ0) is 16.1. The fourth-order valence-electron chi connectivity index (χ4n) is 2.00. The minimum absolute atomic E-state index is 0.223. The van der Waals surface area contributed by atoms with Gasteiger partial charge in [-0.05, 0) is 0 Å². The Balaban J connectivity index is 3.63. The average Bonchev–Trinajstić information content (AvgIpc) is 2.49. The molecule has 0 bridgehead atoms. The maximum absolute atomic E-state index is 5.66. The Morgan fingerprint density at radius 3 is 1.33 bits per heavy atom. The van der Waals surface area contributed by atoms with E-state index in [1.807, 2.05) is 0 Å². The fraction of sp³-hybridized carbons (Fsp3) is 1.00. The summed E-state index contributed by atoms with van der Waals surface area (Å²) < 4.78 is 11.3. The van der Waals surface area contributed by atoms with Gasteiger partial charge in [0, 0.05) is 0 Å². The van der Waals surface area contributed by atoms with Crippen LogP contribution in [-0.4, -0.2) is 61.3 Å². The molecular formula is C16H36CuN2O2. The molecule has 0 aromatic carbocycles. The molecule has 0 N–H and O–H groups in total. The van der Waals surface area contributed by atoms with Gasteiger partial charge in [-0.15, -0.1) is 0 Å². The van der Waals surface area contributed by atoms with Crippen LogP contribution in [0.15, 0.2) is 0 Å². The van der Waals surface area contributed by atoms with E-state index in [-0.39, 0.29) is 12.2 Å². The Morgan fingerprint density at radius 2 is 1.05 bits per heavy atom. The van der Waals surface area contributed by atoms with Crippen LogP contribution < -0.4 is 0 Å². The van der Waals surface area contributed by atoms with Gasteiger partial charge in [-0.3, -0.25) is 0 Å². The zero-order valence-corrected chi connectivity index (χ0v) is 15.8. The molecule has 0 aliphatic heterocycles. The van der Waals surface area contributed by atoms with E-state index in [0.717, 1.165) is 52.1 Å². The molecule has 0 rings (SSSR count). The van der Waals surface area contributed by atoms with Crippen LogP contribution in [-0.2, 0) is 23.3 Å². The quantitative estimate of drug-likeness (QED) is 0.449. The molecule has 0 aromatic heterocycles. The molecule has 0 amide bonds. The van der Waals surface area contributed by atoms with Crippen LogP contribution >= 0.6 is 0 Å². The summed E-state index contributed by atoms with van der Waals surface area (Å²) in [5.41, 5.74) is 0. The van der Waals surface area contributed by atoms with Gasteiger partial charge in [0.2, 0.25) is 0 Å². The van der Waals surface area contributed by atoms with Gasteiger partial charge >= 0.3 is 139 Å². The molecule has 2 unspecified atom stereocenters. The van der Waals surface area contributed by atoms with Gasteiger partial charge in [0.1, 0.15) is 0 Å². The predicted molar refractivity (Wildman–Crippen MR) is 85.9 cm³/mol. The Bertz CT molecular complexity index is 202. The van der Waals surface area contributed by atoms with E-state index >= 15 is 0 Å². The summed E-state index contributed by atoms with van der Waals surface area (Å²) in [5.74, 6) is 0. The predicted octanol–water partition coefficient (Wildman–Crippen LogP) is 3.17. The van der Waals surface area contributed by atoms with Crippen molar-refractivity contribution >= 4 is 0 Å². The Morgan fingerprint density at radius 1 is 0.714 bits per heavy atom. The van der Waals surface area contributed by atoms with Crippen LogP contribution in [0, 0.1) is 0 Å². The number of hydrogen-bond acceptors (Lipinski definition) is 4. The summed E-state index contributed by atoms with van der Waals surface area (Å²) in [6.07, 6.45) is 2.54. The molecule has 2 atom stereocenters. The van der Waals surface area contributed by atoms with Gasteiger partial charge < -0.3 is 0 Å². The van der Waals surface area contributed by atoms with Crippen LogP contribution in [0.25, 0.3) is 0 Å². The molecule has 0 aliphatic rings. The van der Waals surface area contributed by atoms with Gasteiger partial charge in [-0.1, -0.05) is 0 Å². The molecule has 0 saturated carbocycles. The first-order valence-corrected chi connectivity index (χ1v) is 9.18. The van der Waals surface area contributed by atoms with Crippen molar-refractivity contribution in [3.63, 3.8) is 0 Å². The zero-order valence-electron chi connectivity index (χ0n) is 14.8. The molecule has 4 nitrogen and oxygen atoms in total. The number of nitrogens with zero attached hydrogens (tertiary/aromatic N) is 2. The first-order valence-electron chi connectivity index (χ1n) is 8.41. The second kappa shape index (κ2) is 14.0. The Hall–Kier alpha value is 0.359. The van der Waals surface area contributed by atoms with Gasteiger partial charge in [-0.25, -0.2) is 0 Å². The molecule has 5 heteroatoms. The van der Waals surface area contributed by atoms with Crippen molar-refractivity contribution in [2.45, 2.75) is 66.6 Å². The molecule has 0 fully saturated rings. The van der Waals surface area contributed by atoms with E-state index in [9.17, 15) is 0 Å². The maximum atomic E-state index is 5.66. The molecule has 0 aliphatic carbocycles. The second-order valence-electron chi connectivity index (χ2n) is 5.44. The summed E-state index contributed by atoms with van der Waals surface area (Å²) in [6, 6.07) is 0. The fourth-order valence-corrected chi connectivity index (χ4v) is 2.58. The van der Waals surface area contributed by atoms with E-state index in [2.05, 4.69) is 51.3 Å². The molecule has 21 heavy (non-hydrogen) atoms. The summed E-state index contributed by atoms with van der Waals surface area (Å²) in [6.45, 7) is 19.6. The molecule has 0 spiro atoms. The van der Waals surface area contributed by atoms with Crippen molar-refractivity contribution < 1.29 is 23.3 Å². The molecule has 0 heterocycles. The summed E-state index contributed by atoms with van der Waals surface area (Å²) >= 11 is 1.26. The second-order valence-corrected chi connectivity index (χ2v) is 6.05. The van der Waals surface area contributed by atoms with E-state index in [1.54, 1.807) is 0 Å². The van der Waals surface area contributed by atoms with E-state index in [1.165, 1.54) is 15.6 Å². The van der Waals surface area contributed by atoms with E-state index in [0.29, 0.717) is 0 Å². The van der Waals surface area contributed by atoms with Crippen LogP contribution in [0.5, 0.6) is 0 Å². The van der Waals surface area contributed by atoms with Crippen LogP contribution in [0.4, 0.5) is 0 Å². The van der Waals surface area contributed by atoms with Crippen molar-refractivity contribution in [3.8, 4) is 0 Å². The monoisotopic (exact) mass is 351 g/mol. The summed E-state index contributed by atoms with van der Waals surface area (Å²) in [7, 11) is 0. The van der Waals surface area contributed by atoms with Crippen molar-refractivity contribution in [2.75, 3.05) is 39.3 Å². The summed E-state index contributed by atoms with van der Waals surface area (Å²) in [4.78, 5) is 4.83. The topological polar surface area (TPSA) is 24.9 Å². The van der Waals surface area contributed by atoms with Crippen molar-refractivity contribution in [1.29, 1.82) is 0 Å². The van der Waals surface area contributed by atoms with Crippen LogP contribution in [0.3, 0.4) is 0 Å². The van der Waals surface area contributed by atoms with Crippen molar-refractivity contribution in [3.05, 3.63) is 0 Å².